The standard InChI is InChI=1S/C11H19N3O4S/c1-12-11-4-3-10(9-13-11)19(16,17)14(5-7-15)6-8-18-2/h3-4,9,15H,5-8H2,1-2H3,(H,12,13). The van der Waals surface area contributed by atoms with Crippen molar-refractivity contribution in [3.8, 4) is 0 Å². The van der Waals surface area contributed by atoms with E-state index in [-0.39, 0.29) is 31.2 Å². The molecule has 1 heterocycles. The molecule has 0 aromatic carbocycles. The number of aliphatic hydroxyl groups excluding tert-OH is 1. The SMILES string of the molecule is CNc1ccc(S(=O)(=O)N(CCO)CCOC)cn1. The molecule has 0 aliphatic rings. The van der Waals surface area contributed by atoms with Crippen LogP contribution in [0.3, 0.4) is 0 Å². The first-order valence-corrected chi connectivity index (χ1v) is 7.24. The number of aromatic nitrogens is 1. The lowest BCUT2D eigenvalue weighted by Crippen LogP contribution is -2.36. The van der Waals surface area contributed by atoms with E-state index in [0.29, 0.717) is 5.82 Å². The van der Waals surface area contributed by atoms with Gasteiger partial charge in [0.1, 0.15) is 10.7 Å². The molecule has 0 aliphatic carbocycles. The second kappa shape index (κ2) is 7.39. The number of ether oxygens (including phenoxy) is 1. The molecule has 1 aromatic heterocycles. The van der Waals surface area contributed by atoms with Crippen LogP contribution in [-0.2, 0) is 14.8 Å². The fourth-order valence-corrected chi connectivity index (χ4v) is 2.85. The summed E-state index contributed by atoms with van der Waals surface area (Å²) in [6, 6.07) is 3.06. The van der Waals surface area contributed by atoms with Crippen LogP contribution in [0.2, 0.25) is 0 Å². The van der Waals surface area contributed by atoms with Gasteiger partial charge in [-0.15, -0.1) is 0 Å². The van der Waals surface area contributed by atoms with Crippen molar-refractivity contribution in [2.45, 2.75) is 4.90 Å². The van der Waals surface area contributed by atoms with Crippen LogP contribution < -0.4 is 5.32 Å². The molecule has 108 valence electrons. The second-order valence-electron chi connectivity index (χ2n) is 3.75. The molecule has 0 atom stereocenters. The minimum absolute atomic E-state index is 0.0273. The molecular formula is C11H19N3O4S. The third-order valence-corrected chi connectivity index (χ3v) is 4.41. The van der Waals surface area contributed by atoms with Crippen LogP contribution in [0.25, 0.3) is 0 Å². The highest BCUT2D eigenvalue weighted by atomic mass is 32.2. The third kappa shape index (κ3) is 4.13. The predicted octanol–water partition coefficient (Wildman–Crippen LogP) is -0.247. The van der Waals surface area contributed by atoms with Crippen LogP contribution in [-0.4, -0.2) is 63.3 Å². The van der Waals surface area contributed by atoms with Gasteiger partial charge in [0.2, 0.25) is 10.0 Å². The Morgan fingerprint density at radius 2 is 2.16 bits per heavy atom. The summed E-state index contributed by atoms with van der Waals surface area (Å²) in [7, 11) is -0.463. The largest absolute Gasteiger partial charge is 0.395 e. The van der Waals surface area contributed by atoms with Gasteiger partial charge >= 0.3 is 0 Å². The topological polar surface area (TPSA) is 91.8 Å². The van der Waals surface area contributed by atoms with E-state index in [1.807, 2.05) is 0 Å². The van der Waals surface area contributed by atoms with E-state index in [2.05, 4.69) is 10.3 Å². The molecule has 0 spiro atoms. The first-order chi connectivity index (χ1) is 9.06. The highest BCUT2D eigenvalue weighted by Gasteiger charge is 2.24. The summed E-state index contributed by atoms with van der Waals surface area (Å²) < 4.78 is 30.7. The number of hydrogen-bond acceptors (Lipinski definition) is 6. The monoisotopic (exact) mass is 289 g/mol. The maximum Gasteiger partial charge on any atom is 0.244 e. The van der Waals surface area contributed by atoms with Crippen molar-refractivity contribution in [3.63, 3.8) is 0 Å². The van der Waals surface area contributed by atoms with E-state index in [1.54, 1.807) is 13.1 Å². The fourth-order valence-electron chi connectivity index (χ4n) is 1.49. The number of nitrogens with one attached hydrogen (secondary N) is 1. The Hall–Kier alpha value is -1.22. The van der Waals surface area contributed by atoms with E-state index in [4.69, 9.17) is 9.84 Å². The molecule has 0 amide bonds. The zero-order valence-electron chi connectivity index (χ0n) is 11.0. The van der Waals surface area contributed by atoms with Gasteiger partial charge in [-0.1, -0.05) is 0 Å². The molecule has 0 saturated heterocycles. The number of anilines is 1. The van der Waals surface area contributed by atoms with Crippen LogP contribution in [0, 0.1) is 0 Å². The van der Waals surface area contributed by atoms with Crippen LogP contribution in [0.15, 0.2) is 23.2 Å². The molecule has 0 radical (unpaired) electrons. The van der Waals surface area contributed by atoms with E-state index in [1.165, 1.54) is 23.7 Å². The van der Waals surface area contributed by atoms with Gasteiger partial charge in [-0.25, -0.2) is 13.4 Å². The van der Waals surface area contributed by atoms with Crippen molar-refractivity contribution in [2.75, 3.05) is 45.8 Å². The summed E-state index contributed by atoms with van der Waals surface area (Å²) in [6.45, 7) is 0.235. The van der Waals surface area contributed by atoms with E-state index in [9.17, 15) is 8.42 Å². The Balaban J connectivity index is 2.96. The van der Waals surface area contributed by atoms with Gasteiger partial charge in [0.05, 0.1) is 13.2 Å². The fraction of sp³-hybridized carbons (Fsp3) is 0.545. The predicted molar refractivity (Wildman–Crippen MR) is 71.5 cm³/mol. The van der Waals surface area contributed by atoms with Crippen molar-refractivity contribution < 1.29 is 18.3 Å². The highest BCUT2D eigenvalue weighted by Crippen LogP contribution is 2.15. The Morgan fingerprint density at radius 1 is 1.42 bits per heavy atom. The Morgan fingerprint density at radius 3 is 2.63 bits per heavy atom. The van der Waals surface area contributed by atoms with Crippen LogP contribution in [0.4, 0.5) is 5.82 Å². The second-order valence-corrected chi connectivity index (χ2v) is 5.69. The maximum atomic E-state index is 12.3. The van der Waals surface area contributed by atoms with Gasteiger partial charge in [0.15, 0.2) is 0 Å². The lowest BCUT2D eigenvalue weighted by atomic mass is 10.5. The summed E-state index contributed by atoms with van der Waals surface area (Å²) in [5.74, 6) is 0.588. The first kappa shape index (κ1) is 15.8. The zero-order valence-corrected chi connectivity index (χ0v) is 11.9. The van der Waals surface area contributed by atoms with Gasteiger partial charge in [-0.3, -0.25) is 0 Å². The average molecular weight is 289 g/mol. The van der Waals surface area contributed by atoms with Gasteiger partial charge in [-0.2, -0.15) is 4.31 Å². The van der Waals surface area contributed by atoms with E-state index in [0.717, 1.165) is 0 Å². The molecule has 19 heavy (non-hydrogen) atoms. The van der Waals surface area contributed by atoms with Gasteiger partial charge in [0, 0.05) is 33.4 Å². The number of hydrogen-bond donors (Lipinski definition) is 2. The number of rotatable bonds is 8. The summed E-state index contributed by atoms with van der Waals surface area (Å²) in [6.07, 6.45) is 1.29. The smallest absolute Gasteiger partial charge is 0.244 e. The molecule has 7 nitrogen and oxygen atoms in total. The number of pyridine rings is 1. The van der Waals surface area contributed by atoms with Crippen molar-refractivity contribution in [2.24, 2.45) is 0 Å². The molecular weight excluding hydrogens is 270 g/mol. The van der Waals surface area contributed by atoms with Crippen molar-refractivity contribution in [3.05, 3.63) is 18.3 Å². The molecule has 0 aliphatic heterocycles. The summed E-state index contributed by atoms with van der Waals surface area (Å²) in [5.41, 5.74) is 0. The highest BCUT2D eigenvalue weighted by molar-refractivity contribution is 7.89. The Labute approximate surface area is 113 Å². The van der Waals surface area contributed by atoms with Crippen LogP contribution in [0.1, 0.15) is 0 Å². The van der Waals surface area contributed by atoms with Crippen LogP contribution >= 0.6 is 0 Å². The molecule has 8 heteroatoms. The number of nitrogens with zero attached hydrogens (tertiary/aromatic N) is 2. The number of sulfonamides is 1. The Bertz CT molecular complexity index is 475. The molecule has 2 N–H and O–H groups in total. The van der Waals surface area contributed by atoms with E-state index >= 15 is 0 Å². The summed E-state index contributed by atoms with van der Waals surface area (Å²) >= 11 is 0. The molecule has 0 fully saturated rings. The first-order valence-electron chi connectivity index (χ1n) is 5.80. The average Bonchev–Trinajstić information content (AvgIpc) is 2.43. The normalized spacial score (nSPS) is 11.8. The molecule has 0 saturated carbocycles. The van der Waals surface area contributed by atoms with Crippen molar-refractivity contribution >= 4 is 15.8 Å². The zero-order chi connectivity index (χ0) is 14.3. The summed E-state index contributed by atoms with van der Waals surface area (Å²) in [5, 5.41) is 11.8. The lowest BCUT2D eigenvalue weighted by Gasteiger charge is -2.20. The van der Waals surface area contributed by atoms with E-state index < -0.39 is 10.0 Å². The lowest BCUT2D eigenvalue weighted by molar-refractivity contribution is 0.168. The number of aliphatic hydroxyl groups is 1. The third-order valence-electron chi connectivity index (χ3n) is 2.52. The van der Waals surface area contributed by atoms with Crippen molar-refractivity contribution in [1.29, 1.82) is 0 Å². The minimum Gasteiger partial charge on any atom is -0.395 e. The summed E-state index contributed by atoms with van der Waals surface area (Å²) in [4.78, 5) is 4.07. The maximum absolute atomic E-state index is 12.3. The molecule has 0 unspecified atom stereocenters. The van der Waals surface area contributed by atoms with Gasteiger partial charge in [0.25, 0.3) is 0 Å². The number of methoxy groups -OCH3 is 1. The minimum atomic E-state index is -3.66. The van der Waals surface area contributed by atoms with Gasteiger partial charge in [-0.05, 0) is 12.1 Å². The molecule has 1 rings (SSSR count). The van der Waals surface area contributed by atoms with Crippen LogP contribution in [0.5, 0.6) is 0 Å². The Kier molecular flexibility index (Phi) is 6.16. The molecule has 0 bridgehead atoms. The molecule has 1 aromatic rings. The quantitative estimate of drug-likeness (QED) is 0.686. The van der Waals surface area contributed by atoms with Crippen molar-refractivity contribution in [1.82, 2.24) is 9.29 Å². The van der Waals surface area contributed by atoms with Gasteiger partial charge < -0.3 is 15.2 Å².